The van der Waals surface area contributed by atoms with Crippen LogP contribution in [0.4, 0.5) is 5.69 Å². The number of amides is 1. The van der Waals surface area contributed by atoms with Gasteiger partial charge in [-0.05, 0) is 32.4 Å². The highest BCUT2D eigenvalue weighted by atomic mass is 35.5. The van der Waals surface area contributed by atoms with E-state index in [1.165, 1.54) is 0 Å². The van der Waals surface area contributed by atoms with E-state index in [0.29, 0.717) is 24.7 Å². The van der Waals surface area contributed by atoms with Crippen LogP contribution in [0.25, 0.3) is 0 Å². The summed E-state index contributed by atoms with van der Waals surface area (Å²) in [7, 11) is 0. The minimum absolute atomic E-state index is 0.0865. The summed E-state index contributed by atoms with van der Waals surface area (Å²) in [4.78, 5) is 12.2. The van der Waals surface area contributed by atoms with Gasteiger partial charge in [0.05, 0.1) is 26.6 Å². The molecule has 4 heteroatoms. The van der Waals surface area contributed by atoms with Gasteiger partial charge in [-0.15, -0.1) is 0 Å². The van der Waals surface area contributed by atoms with Gasteiger partial charge in [0, 0.05) is 0 Å². The fourth-order valence-electron chi connectivity index (χ4n) is 2.50. The van der Waals surface area contributed by atoms with Crippen molar-refractivity contribution < 1.29 is 9.53 Å². The number of carbonyl (C=O) groups excluding carboxylic acids is 1. The molecule has 1 aromatic carbocycles. The molecule has 1 amide bonds. The van der Waals surface area contributed by atoms with Crippen LogP contribution in [0, 0.1) is 0 Å². The molecule has 0 N–H and O–H groups in total. The lowest BCUT2D eigenvalue weighted by Crippen LogP contribution is -2.53. The Balaban J connectivity index is 3.29. The number of halogens is 1. The summed E-state index contributed by atoms with van der Waals surface area (Å²) in [5.41, 5.74) is 0.794. The Labute approximate surface area is 127 Å². The number of carbonyl (C=O) groups is 1. The Kier molecular flexibility index (Phi) is 6.50. The zero-order chi connectivity index (χ0) is 15.2. The molecule has 0 atom stereocenters. The van der Waals surface area contributed by atoms with E-state index in [1.54, 1.807) is 6.92 Å². The minimum Gasteiger partial charge on any atom is -0.487 e. The number of ether oxygens (including phenoxy) is 1. The molecule has 0 heterocycles. The second-order valence-electron chi connectivity index (χ2n) is 4.91. The van der Waals surface area contributed by atoms with E-state index < -0.39 is 0 Å². The number of benzene rings is 1. The van der Waals surface area contributed by atoms with Gasteiger partial charge in [-0.2, -0.15) is 0 Å². The molecule has 3 nitrogen and oxygen atoms in total. The maximum absolute atomic E-state index is 12.2. The summed E-state index contributed by atoms with van der Waals surface area (Å²) in [5, 5.41) is 0.595. The van der Waals surface area contributed by atoms with Gasteiger partial charge in [0.2, 0.25) is 5.69 Å². The summed E-state index contributed by atoms with van der Waals surface area (Å²) in [6.45, 7) is 9.73. The first-order valence-electron chi connectivity index (χ1n) is 7.33. The highest BCUT2D eigenvalue weighted by Crippen LogP contribution is 2.40. The van der Waals surface area contributed by atoms with E-state index >= 15 is 0 Å². The largest absolute Gasteiger partial charge is 0.487 e. The van der Waals surface area contributed by atoms with Gasteiger partial charge in [-0.25, -0.2) is 9.28 Å². The Bertz CT molecular complexity index is 456. The summed E-state index contributed by atoms with van der Waals surface area (Å²) in [6.07, 6.45) is 2.06. The molecule has 0 aliphatic carbocycles. The molecular formula is C16H25ClNO2+. The van der Waals surface area contributed by atoms with Crippen molar-refractivity contribution in [2.24, 2.45) is 0 Å². The molecule has 0 unspecified atom stereocenters. The van der Waals surface area contributed by atoms with Crippen molar-refractivity contribution in [1.29, 1.82) is 0 Å². The number of hydrogen-bond acceptors (Lipinski definition) is 2. The summed E-state index contributed by atoms with van der Waals surface area (Å²) < 4.78 is 6.09. The van der Waals surface area contributed by atoms with E-state index in [4.69, 9.17) is 16.3 Å². The monoisotopic (exact) mass is 298 g/mol. The van der Waals surface area contributed by atoms with Crippen molar-refractivity contribution in [3.63, 3.8) is 0 Å². The molecule has 20 heavy (non-hydrogen) atoms. The highest BCUT2D eigenvalue weighted by molar-refractivity contribution is 6.33. The van der Waals surface area contributed by atoms with E-state index in [0.717, 1.165) is 24.3 Å². The molecule has 0 bridgehead atoms. The van der Waals surface area contributed by atoms with Crippen molar-refractivity contribution >= 4 is 23.2 Å². The van der Waals surface area contributed by atoms with Crippen LogP contribution in [0.3, 0.4) is 0 Å². The Morgan fingerprint density at radius 1 is 1.25 bits per heavy atom. The SMILES string of the molecule is CCCCOc1cccc(Cl)c1[N+](CC)(CC)C(C)=O. The fourth-order valence-corrected chi connectivity index (χ4v) is 2.82. The predicted octanol–water partition coefficient (Wildman–Crippen LogP) is 4.41. The number of hydrogen-bond donors (Lipinski definition) is 0. The van der Waals surface area contributed by atoms with Crippen LogP contribution in [0.2, 0.25) is 5.02 Å². The summed E-state index contributed by atoms with van der Waals surface area (Å²) in [6, 6.07) is 5.59. The number of rotatable bonds is 7. The molecule has 112 valence electrons. The van der Waals surface area contributed by atoms with Gasteiger partial charge in [0.25, 0.3) is 0 Å². The van der Waals surface area contributed by atoms with Gasteiger partial charge >= 0.3 is 5.91 Å². The van der Waals surface area contributed by atoms with Crippen LogP contribution in [0.5, 0.6) is 5.75 Å². The zero-order valence-electron chi connectivity index (χ0n) is 12.9. The van der Waals surface area contributed by atoms with Crippen LogP contribution < -0.4 is 9.22 Å². The van der Waals surface area contributed by atoms with E-state index in [9.17, 15) is 4.79 Å². The lowest BCUT2D eigenvalue weighted by atomic mass is 10.2. The standard InChI is InChI=1S/C16H25ClNO2/c1-5-8-12-20-15-11-9-10-14(17)16(15)18(6-2,7-3)13(4)19/h9-11H,5-8,12H2,1-4H3/q+1. The summed E-state index contributed by atoms with van der Waals surface area (Å²) in [5.74, 6) is 0.813. The van der Waals surface area contributed by atoms with Crippen molar-refractivity contribution in [2.45, 2.75) is 40.5 Å². The smallest absolute Gasteiger partial charge is 0.315 e. The topological polar surface area (TPSA) is 26.3 Å². The molecule has 0 saturated heterocycles. The quantitative estimate of drug-likeness (QED) is 0.550. The molecule has 0 aliphatic heterocycles. The molecule has 0 aromatic heterocycles. The van der Waals surface area contributed by atoms with Crippen LogP contribution in [-0.2, 0) is 4.79 Å². The number of nitrogens with zero attached hydrogens (tertiary/aromatic N) is 1. The van der Waals surface area contributed by atoms with Gasteiger partial charge in [-0.1, -0.05) is 31.0 Å². The van der Waals surface area contributed by atoms with E-state index in [-0.39, 0.29) is 10.4 Å². The molecular weight excluding hydrogens is 274 g/mol. The van der Waals surface area contributed by atoms with Crippen LogP contribution in [0.15, 0.2) is 18.2 Å². The van der Waals surface area contributed by atoms with Gasteiger partial charge < -0.3 is 4.74 Å². The third-order valence-electron chi connectivity index (χ3n) is 3.82. The number of quaternary nitrogens is 1. The first-order valence-corrected chi connectivity index (χ1v) is 7.71. The fraction of sp³-hybridized carbons (Fsp3) is 0.562. The maximum Gasteiger partial charge on any atom is 0.315 e. The minimum atomic E-state index is 0.0865. The third-order valence-corrected chi connectivity index (χ3v) is 4.12. The zero-order valence-corrected chi connectivity index (χ0v) is 13.7. The second-order valence-corrected chi connectivity index (χ2v) is 5.32. The Morgan fingerprint density at radius 3 is 2.40 bits per heavy atom. The van der Waals surface area contributed by atoms with Crippen molar-refractivity contribution in [3.05, 3.63) is 23.2 Å². The molecule has 1 rings (SSSR count). The highest BCUT2D eigenvalue weighted by Gasteiger charge is 2.37. The lowest BCUT2D eigenvalue weighted by molar-refractivity contribution is -0.127. The van der Waals surface area contributed by atoms with Gasteiger partial charge in [-0.3, -0.25) is 0 Å². The van der Waals surface area contributed by atoms with Crippen LogP contribution >= 0.6 is 11.6 Å². The number of unbranched alkanes of at least 4 members (excludes halogenated alkanes) is 1. The lowest BCUT2D eigenvalue weighted by Gasteiger charge is -2.34. The Hall–Kier alpha value is -1.06. The maximum atomic E-state index is 12.2. The van der Waals surface area contributed by atoms with Crippen LogP contribution in [0.1, 0.15) is 40.5 Å². The van der Waals surface area contributed by atoms with Gasteiger partial charge in [0.15, 0.2) is 5.75 Å². The molecule has 0 spiro atoms. The predicted molar refractivity (Wildman–Crippen MR) is 85.4 cm³/mol. The average molecular weight is 299 g/mol. The Morgan fingerprint density at radius 2 is 1.90 bits per heavy atom. The first-order chi connectivity index (χ1) is 9.53. The van der Waals surface area contributed by atoms with Crippen molar-refractivity contribution in [3.8, 4) is 5.75 Å². The average Bonchev–Trinajstić information content (AvgIpc) is 2.43. The molecule has 1 aromatic rings. The van der Waals surface area contributed by atoms with Crippen molar-refractivity contribution in [1.82, 2.24) is 4.48 Å². The third kappa shape index (κ3) is 3.33. The molecule has 0 saturated carbocycles. The first kappa shape index (κ1) is 17.0. The molecule has 0 fully saturated rings. The van der Waals surface area contributed by atoms with Gasteiger partial charge in [0.1, 0.15) is 5.02 Å². The molecule has 0 radical (unpaired) electrons. The van der Waals surface area contributed by atoms with Crippen molar-refractivity contribution in [2.75, 3.05) is 19.7 Å². The van der Waals surface area contributed by atoms with E-state index in [1.807, 2.05) is 32.0 Å². The van der Waals surface area contributed by atoms with Crippen LogP contribution in [-0.4, -0.2) is 25.6 Å². The normalized spacial score (nSPS) is 11.4. The number of para-hydroxylation sites is 1. The van der Waals surface area contributed by atoms with E-state index in [2.05, 4.69) is 6.92 Å². The summed E-state index contributed by atoms with van der Waals surface area (Å²) >= 11 is 6.38. The second kappa shape index (κ2) is 7.65. The molecule has 0 aliphatic rings.